The topological polar surface area (TPSA) is 24.5 Å². The van der Waals surface area contributed by atoms with Crippen molar-refractivity contribution in [2.24, 2.45) is 0 Å². The highest BCUT2D eigenvalue weighted by Gasteiger charge is 2.26. The van der Waals surface area contributed by atoms with E-state index in [-0.39, 0.29) is 0 Å². The molecule has 0 bridgehead atoms. The number of hydrogen-bond donors (Lipinski definition) is 1. The Kier molecular flexibility index (Phi) is 3.27. The van der Waals surface area contributed by atoms with Gasteiger partial charge in [0.25, 0.3) is 0 Å². The van der Waals surface area contributed by atoms with E-state index in [0.717, 1.165) is 38.3 Å². The van der Waals surface area contributed by atoms with Gasteiger partial charge in [0, 0.05) is 38.6 Å². The maximum atomic E-state index is 6.04. The van der Waals surface area contributed by atoms with Crippen molar-refractivity contribution in [3.63, 3.8) is 0 Å². The number of piperazine rings is 1. The molecule has 2 aliphatic rings. The van der Waals surface area contributed by atoms with E-state index in [2.05, 4.69) is 42.3 Å². The molecule has 1 aromatic carbocycles. The Morgan fingerprint density at radius 2 is 2.33 bits per heavy atom. The van der Waals surface area contributed by atoms with E-state index in [9.17, 15) is 0 Å². The predicted molar refractivity (Wildman–Crippen MR) is 73.2 cm³/mol. The van der Waals surface area contributed by atoms with Gasteiger partial charge in [-0.15, -0.1) is 0 Å². The van der Waals surface area contributed by atoms with Crippen LogP contribution in [0.25, 0.3) is 0 Å². The maximum Gasteiger partial charge on any atom is 0.123 e. The molecule has 2 aliphatic heterocycles. The summed E-state index contributed by atoms with van der Waals surface area (Å²) in [6, 6.07) is 7.11. The van der Waals surface area contributed by atoms with Crippen molar-refractivity contribution in [2.75, 3.05) is 26.2 Å². The number of fused-ring (bicyclic) bond motifs is 1. The van der Waals surface area contributed by atoms with Crippen molar-refractivity contribution >= 4 is 0 Å². The molecule has 1 N–H and O–H groups in total. The molecular formula is C15H22N2O. The van der Waals surface area contributed by atoms with E-state index in [0.29, 0.717) is 12.1 Å². The van der Waals surface area contributed by atoms with Crippen LogP contribution in [0.2, 0.25) is 0 Å². The van der Waals surface area contributed by atoms with Gasteiger partial charge in [0.2, 0.25) is 0 Å². The van der Waals surface area contributed by atoms with Crippen LogP contribution >= 0.6 is 0 Å². The molecule has 18 heavy (non-hydrogen) atoms. The van der Waals surface area contributed by atoms with Crippen molar-refractivity contribution in [2.45, 2.75) is 32.4 Å². The van der Waals surface area contributed by atoms with E-state index in [1.54, 1.807) is 0 Å². The normalized spacial score (nSPS) is 27.9. The van der Waals surface area contributed by atoms with Crippen molar-refractivity contribution in [3.8, 4) is 5.75 Å². The standard InChI is InChI=1S/C15H22N2O/c1-11-3-4-15-13(7-11)8-14(18-15)10-17-6-5-16-12(2)9-17/h3-4,7,12,14,16H,5-6,8-10H2,1-2H3. The SMILES string of the molecule is Cc1ccc2c(c1)CC(CN1CCNC(C)C1)O2. The van der Waals surface area contributed by atoms with Crippen molar-refractivity contribution in [1.82, 2.24) is 10.2 Å². The summed E-state index contributed by atoms with van der Waals surface area (Å²) in [4.78, 5) is 2.52. The summed E-state index contributed by atoms with van der Waals surface area (Å²) in [5.74, 6) is 1.09. The molecule has 3 nitrogen and oxygen atoms in total. The average molecular weight is 246 g/mol. The zero-order chi connectivity index (χ0) is 12.5. The van der Waals surface area contributed by atoms with Gasteiger partial charge in [-0.1, -0.05) is 17.7 Å². The van der Waals surface area contributed by atoms with Gasteiger partial charge in [-0.05, 0) is 25.5 Å². The van der Waals surface area contributed by atoms with Gasteiger partial charge < -0.3 is 10.1 Å². The first-order valence-corrected chi connectivity index (χ1v) is 6.92. The molecule has 0 aromatic heterocycles. The Bertz CT molecular complexity index is 433. The third-order valence-electron chi connectivity index (χ3n) is 3.87. The molecule has 1 fully saturated rings. The molecule has 3 heteroatoms. The smallest absolute Gasteiger partial charge is 0.123 e. The molecule has 2 unspecified atom stereocenters. The van der Waals surface area contributed by atoms with Crippen LogP contribution in [0.3, 0.4) is 0 Å². The predicted octanol–water partition coefficient (Wildman–Crippen LogP) is 1.59. The number of hydrogen-bond acceptors (Lipinski definition) is 3. The fourth-order valence-corrected chi connectivity index (χ4v) is 3.02. The summed E-state index contributed by atoms with van der Waals surface area (Å²) in [5, 5.41) is 3.48. The van der Waals surface area contributed by atoms with E-state index in [1.165, 1.54) is 11.1 Å². The first-order valence-electron chi connectivity index (χ1n) is 6.92. The van der Waals surface area contributed by atoms with Crippen LogP contribution in [-0.2, 0) is 6.42 Å². The summed E-state index contributed by atoms with van der Waals surface area (Å²) in [6.45, 7) is 8.82. The molecule has 3 rings (SSSR count). The van der Waals surface area contributed by atoms with E-state index >= 15 is 0 Å². The van der Waals surface area contributed by atoms with Crippen LogP contribution in [0, 0.1) is 6.92 Å². The first-order chi connectivity index (χ1) is 8.70. The Morgan fingerprint density at radius 3 is 3.17 bits per heavy atom. The molecular weight excluding hydrogens is 224 g/mol. The lowest BCUT2D eigenvalue weighted by Crippen LogP contribution is -2.51. The van der Waals surface area contributed by atoms with Gasteiger partial charge >= 0.3 is 0 Å². The van der Waals surface area contributed by atoms with Gasteiger partial charge in [-0.3, -0.25) is 4.90 Å². The Hall–Kier alpha value is -1.06. The molecule has 98 valence electrons. The third-order valence-corrected chi connectivity index (χ3v) is 3.87. The highest BCUT2D eigenvalue weighted by Crippen LogP contribution is 2.29. The number of nitrogens with one attached hydrogen (secondary N) is 1. The molecule has 2 atom stereocenters. The number of rotatable bonds is 2. The molecule has 0 saturated carbocycles. The molecule has 2 heterocycles. The maximum absolute atomic E-state index is 6.04. The highest BCUT2D eigenvalue weighted by atomic mass is 16.5. The minimum atomic E-state index is 0.340. The van der Waals surface area contributed by atoms with Crippen molar-refractivity contribution < 1.29 is 4.74 Å². The van der Waals surface area contributed by atoms with Crippen LogP contribution in [0.4, 0.5) is 0 Å². The number of nitrogens with zero attached hydrogens (tertiary/aromatic N) is 1. The minimum Gasteiger partial charge on any atom is -0.488 e. The van der Waals surface area contributed by atoms with Gasteiger partial charge in [0.15, 0.2) is 0 Å². The molecule has 0 amide bonds. The van der Waals surface area contributed by atoms with E-state index in [4.69, 9.17) is 4.74 Å². The number of aryl methyl sites for hydroxylation is 1. The second-order valence-electron chi connectivity index (χ2n) is 5.67. The molecule has 0 radical (unpaired) electrons. The molecule has 1 aromatic rings. The largest absolute Gasteiger partial charge is 0.488 e. The lowest BCUT2D eigenvalue weighted by atomic mass is 10.1. The summed E-state index contributed by atoms with van der Waals surface area (Å²) in [7, 11) is 0. The second-order valence-corrected chi connectivity index (χ2v) is 5.67. The summed E-state index contributed by atoms with van der Waals surface area (Å²) in [6.07, 6.45) is 1.40. The van der Waals surface area contributed by atoms with Gasteiger partial charge in [0.1, 0.15) is 11.9 Å². The van der Waals surface area contributed by atoms with Crippen molar-refractivity contribution in [3.05, 3.63) is 29.3 Å². The molecule has 0 spiro atoms. The molecule has 0 aliphatic carbocycles. The van der Waals surface area contributed by atoms with Gasteiger partial charge in [-0.2, -0.15) is 0 Å². The highest BCUT2D eigenvalue weighted by molar-refractivity contribution is 5.40. The van der Waals surface area contributed by atoms with Crippen LogP contribution in [0.1, 0.15) is 18.1 Å². The first kappa shape index (κ1) is 12.0. The van der Waals surface area contributed by atoms with Gasteiger partial charge in [-0.25, -0.2) is 0 Å². The van der Waals surface area contributed by atoms with E-state index in [1.807, 2.05) is 0 Å². The Balaban J connectivity index is 1.60. The minimum absolute atomic E-state index is 0.340. The summed E-state index contributed by atoms with van der Waals surface area (Å²) < 4.78 is 6.04. The quantitative estimate of drug-likeness (QED) is 0.857. The average Bonchev–Trinajstić information content (AvgIpc) is 2.70. The van der Waals surface area contributed by atoms with Gasteiger partial charge in [0.05, 0.1) is 0 Å². The number of ether oxygens (including phenoxy) is 1. The van der Waals surface area contributed by atoms with E-state index < -0.39 is 0 Å². The second kappa shape index (κ2) is 4.90. The zero-order valence-corrected chi connectivity index (χ0v) is 11.3. The summed E-state index contributed by atoms with van der Waals surface area (Å²) in [5.41, 5.74) is 2.71. The van der Waals surface area contributed by atoms with Crippen LogP contribution in [0.5, 0.6) is 5.75 Å². The molecule has 1 saturated heterocycles. The number of benzene rings is 1. The van der Waals surface area contributed by atoms with Crippen molar-refractivity contribution in [1.29, 1.82) is 0 Å². The van der Waals surface area contributed by atoms with Crippen LogP contribution in [0.15, 0.2) is 18.2 Å². The lowest BCUT2D eigenvalue weighted by molar-refractivity contribution is 0.126. The zero-order valence-electron chi connectivity index (χ0n) is 11.3. The lowest BCUT2D eigenvalue weighted by Gasteiger charge is -2.33. The van der Waals surface area contributed by atoms with Crippen LogP contribution < -0.4 is 10.1 Å². The van der Waals surface area contributed by atoms with Crippen LogP contribution in [-0.4, -0.2) is 43.2 Å². The third kappa shape index (κ3) is 2.52. The fraction of sp³-hybridized carbons (Fsp3) is 0.600. The Labute approximate surface area is 109 Å². The monoisotopic (exact) mass is 246 g/mol. The fourth-order valence-electron chi connectivity index (χ4n) is 3.02. The Morgan fingerprint density at radius 1 is 1.44 bits per heavy atom. The summed E-state index contributed by atoms with van der Waals surface area (Å²) >= 11 is 0.